The number of aromatic nitrogens is 1. The molecule has 0 bridgehead atoms. The molecule has 0 aliphatic carbocycles. The highest BCUT2D eigenvalue weighted by atomic mass is 35.5. The molecule has 3 rings (SSSR count). The van der Waals surface area contributed by atoms with E-state index in [9.17, 15) is 0 Å². The molecule has 1 heterocycles. The third-order valence-corrected chi connectivity index (χ3v) is 3.65. The number of ether oxygens (including phenoxy) is 1. The van der Waals surface area contributed by atoms with Gasteiger partial charge in [0.1, 0.15) is 11.5 Å². The van der Waals surface area contributed by atoms with Crippen LogP contribution in [-0.2, 0) is 6.42 Å². The number of nitrogens with zero attached hydrogens (tertiary/aromatic N) is 1. The lowest BCUT2D eigenvalue weighted by molar-refractivity contribution is 0.481. The molecule has 21 heavy (non-hydrogen) atoms. The van der Waals surface area contributed by atoms with Crippen molar-refractivity contribution < 1.29 is 4.74 Å². The summed E-state index contributed by atoms with van der Waals surface area (Å²) in [5, 5.41) is 1.65. The second kappa shape index (κ2) is 6.12. The minimum atomic E-state index is 0.525. The first-order chi connectivity index (χ1) is 10.3. The summed E-state index contributed by atoms with van der Waals surface area (Å²) in [6, 6.07) is 15.3. The van der Waals surface area contributed by atoms with Crippen LogP contribution in [0.2, 0.25) is 5.02 Å². The summed E-state index contributed by atoms with van der Waals surface area (Å²) < 4.78 is 6.08. The predicted octanol–water partition coefficient (Wildman–Crippen LogP) is 4.18. The fraction of sp³-hybridized carbons (Fsp3) is 0.118. The van der Waals surface area contributed by atoms with Crippen LogP contribution in [0.3, 0.4) is 0 Å². The number of fused-ring (bicyclic) bond motifs is 1. The van der Waals surface area contributed by atoms with E-state index in [0.29, 0.717) is 18.0 Å². The minimum absolute atomic E-state index is 0.525. The summed E-state index contributed by atoms with van der Waals surface area (Å²) in [4.78, 5) is 4.33. The molecular weight excluding hydrogens is 284 g/mol. The molecule has 0 amide bonds. The normalized spacial score (nSPS) is 10.8. The third kappa shape index (κ3) is 2.84. The molecule has 0 spiro atoms. The highest BCUT2D eigenvalue weighted by molar-refractivity contribution is 6.31. The van der Waals surface area contributed by atoms with Crippen molar-refractivity contribution in [1.29, 1.82) is 0 Å². The van der Waals surface area contributed by atoms with Gasteiger partial charge in [0, 0.05) is 22.2 Å². The van der Waals surface area contributed by atoms with E-state index < -0.39 is 0 Å². The largest absolute Gasteiger partial charge is 0.456 e. The lowest BCUT2D eigenvalue weighted by Gasteiger charge is -2.13. The lowest BCUT2D eigenvalue weighted by Crippen LogP contribution is -2.04. The summed E-state index contributed by atoms with van der Waals surface area (Å²) in [6.45, 7) is 0.525. The van der Waals surface area contributed by atoms with Gasteiger partial charge in [0.15, 0.2) is 0 Å². The van der Waals surface area contributed by atoms with Crippen LogP contribution < -0.4 is 10.5 Å². The lowest BCUT2D eigenvalue weighted by atomic mass is 10.1. The van der Waals surface area contributed by atoms with E-state index >= 15 is 0 Å². The molecule has 2 aromatic carbocycles. The Hall–Kier alpha value is -2.10. The van der Waals surface area contributed by atoms with E-state index in [1.807, 2.05) is 48.5 Å². The van der Waals surface area contributed by atoms with Gasteiger partial charge >= 0.3 is 0 Å². The zero-order valence-corrected chi connectivity index (χ0v) is 12.2. The first kappa shape index (κ1) is 13.9. The summed E-state index contributed by atoms with van der Waals surface area (Å²) in [7, 11) is 0. The standard InChI is InChI=1S/C17H15ClN2O/c18-14-5-1-7-16(12(14)9-10-19)21-17-8-2-6-15-13(17)4-3-11-20-15/h1-8,11H,9-10,19H2. The van der Waals surface area contributed by atoms with Gasteiger partial charge in [-0.2, -0.15) is 0 Å². The van der Waals surface area contributed by atoms with Gasteiger partial charge in [-0.3, -0.25) is 4.98 Å². The Bertz CT molecular complexity index is 768. The van der Waals surface area contributed by atoms with Gasteiger partial charge in [-0.1, -0.05) is 23.7 Å². The van der Waals surface area contributed by atoms with Crippen molar-refractivity contribution in [2.45, 2.75) is 6.42 Å². The van der Waals surface area contributed by atoms with Crippen LogP contribution in [0.5, 0.6) is 11.5 Å². The Morgan fingerprint density at radius 3 is 2.67 bits per heavy atom. The summed E-state index contributed by atoms with van der Waals surface area (Å²) >= 11 is 6.24. The Morgan fingerprint density at radius 2 is 1.81 bits per heavy atom. The van der Waals surface area contributed by atoms with Crippen molar-refractivity contribution in [2.24, 2.45) is 5.73 Å². The number of benzene rings is 2. The van der Waals surface area contributed by atoms with Gasteiger partial charge < -0.3 is 10.5 Å². The average Bonchev–Trinajstić information content (AvgIpc) is 2.51. The highest BCUT2D eigenvalue weighted by Crippen LogP contribution is 2.33. The smallest absolute Gasteiger partial charge is 0.136 e. The Balaban J connectivity index is 2.05. The van der Waals surface area contributed by atoms with E-state index in [1.54, 1.807) is 6.20 Å². The molecule has 4 heteroatoms. The molecule has 0 saturated heterocycles. The molecule has 0 aliphatic rings. The van der Waals surface area contributed by atoms with Crippen LogP contribution >= 0.6 is 11.6 Å². The van der Waals surface area contributed by atoms with Crippen molar-refractivity contribution in [2.75, 3.05) is 6.54 Å². The zero-order valence-electron chi connectivity index (χ0n) is 11.4. The Morgan fingerprint density at radius 1 is 1.00 bits per heavy atom. The van der Waals surface area contributed by atoms with Crippen LogP contribution in [0, 0.1) is 0 Å². The molecule has 0 saturated carbocycles. The first-order valence-corrected chi connectivity index (χ1v) is 7.16. The van der Waals surface area contributed by atoms with E-state index in [4.69, 9.17) is 22.1 Å². The van der Waals surface area contributed by atoms with Gasteiger partial charge in [-0.05, 0) is 49.4 Å². The number of hydrogen-bond acceptors (Lipinski definition) is 3. The molecule has 106 valence electrons. The highest BCUT2D eigenvalue weighted by Gasteiger charge is 2.10. The molecule has 0 fully saturated rings. The van der Waals surface area contributed by atoms with E-state index in [0.717, 1.165) is 28.0 Å². The monoisotopic (exact) mass is 298 g/mol. The maximum atomic E-state index is 6.24. The van der Waals surface area contributed by atoms with Crippen LogP contribution in [0.15, 0.2) is 54.7 Å². The number of pyridine rings is 1. The van der Waals surface area contributed by atoms with Crippen molar-refractivity contribution in [3.63, 3.8) is 0 Å². The van der Waals surface area contributed by atoms with Gasteiger partial charge in [0.25, 0.3) is 0 Å². The van der Waals surface area contributed by atoms with Gasteiger partial charge in [-0.25, -0.2) is 0 Å². The maximum absolute atomic E-state index is 6.24. The van der Waals surface area contributed by atoms with Crippen LogP contribution in [0.4, 0.5) is 0 Å². The van der Waals surface area contributed by atoms with Gasteiger partial charge in [0.2, 0.25) is 0 Å². The topological polar surface area (TPSA) is 48.1 Å². The summed E-state index contributed by atoms with van der Waals surface area (Å²) in [5.74, 6) is 1.51. The SMILES string of the molecule is NCCc1c(Cl)cccc1Oc1cccc2ncccc12. The fourth-order valence-electron chi connectivity index (χ4n) is 2.30. The Labute approximate surface area is 128 Å². The molecular formula is C17H15ClN2O. The number of hydrogen-bond donors (Lipinski definition) is 1. The van der Waals surface area contributed by atoms with Crippen molar-refractivity contribution in [3.8, 4) is 11.5 Å². The Kier molecular flexibility index (Phi) is 4.04. The van der Waals surface area contributed by atoms with Crippen molar-refractivity contribution in [1.82, 2.24) is 4.98 Å². The summed E-state index contributed by atoms with van der Waals surface area (Å²) in [5.41, 5.74) is 7.49. The van der Waals surface area contributed by atoms with Gasteiger partial charge in [0.05, 0.1) is 5.52 Å². The van der Waals surface area contributed by atoms with E-state index in [1.165, 1.54) is 0 Å². The predicted molar refractivity (Wildman–Crippen MR) is 86.0 cm³/mol. The third-order valence-electron chi connectivity index (χ3n) is 3.30. The van der Waals surface area contributed by atoms with Crippen LogP contribution in [0.1, 0.15) is 5.56 Å². The molecule has 1 aromatic heterocycles. The van der Waals surface area contributed by atoms with Gasteiger partial charge in [-0.15, -0.1) is 0 Å². The number of nitrogens with two attached hydrogens (primary N) is 1. The molecule has 3 nitrogen and oxygen atoms in total. The number of rotatable bonds is 4. The molecule has 0 atom stereocenters. The zero-order chi connectivity index (χ0) is 14.7. The van der Waals surface area contributed by atoms with Crippen LogP contribution in [-0.4, -0.2) is 11.5 Å². The number of halogens is 1. The fourth-order valence-corrected chi connectivity index (χ4v) is 2.56. The molecule has 0 radical (unpaired) electrons. The van der Waals surface area contributed by atoms with E-state index in [2.05, 4.69) is 4.98 Å². The second-order valence-corrected chi connectivity index (χ2v) is 5.09. The second-order valence-electron chi connectivity index (χ2n) is 4.68. The first-order valence-electron chi connectivity index (χ1n) is 6.78. The van der Waals surface area contributed by atoms with E-state index in [-0.39, 0.29) is 0 Å². The molecule has 0 aliphatic heterocycles. The van der Waals surface area contributed by atoms with Crippen molar-refractivity contribution in [3.05, 3.63) is 65.3 Å². The molecule has 2 N–H and O–H groups in total. The molecule has 0 unspecified atom stereocenters. The van der Waals surface area contributed by atoms with Crippen LogP contribution in [0.25, 0.3) is 10.9 Å². The maximum Gasteiger partial charge on any atom is 0.136 e. The average molecular weight is 299 g/mol. The van der Waals surface area contributed by atoms with Crippen molar-refractivity contribution >= 4 is 22.5 Å². The minimum Gasteiger partial charge on any atom is -0.456 e. The molecule has 3 aromatic rings. The quantitative estimate of drug-likeness (QED) is 0.786. The summed E-state index contributed by atoms with van der Waals surface area (Å²) in [6.07, 6.45) is 2.45.